The summed E-state index contributed by atoms with van der Waals surface area (Å²) in [5.41, 5.74) is 6.54. The van der Waals surface area contributed by atoms with E-state index < -0.39 is 0 Å². The molecule has 2 N–H and O–H groups in total. The van der Waals surface area contributed by atoms with Crippen molar-refractivity contribution in [3.8, 4) is 0 Å². The molecule has 1 aliphatic rings. The summed E-state index contributed by atoms with van der Waals surface area (Å²) in [6, 6.07) is 14.1. The average Bonchev–Trinajstić information content (AvgIpc) is 2.68. The van der Waals surface area contributed by atoms with Crippen LogP contribution in [-0.4, -0.2) is 11.1 Å². The first kappa shape index (κ1) is 11.0. The number of fused-ring (bicyclic) bond motifs is 1. The van der Waals surface area contributed by atoms with Crippen molar-refractivity contribution in [2.45, 2.75) is 0 Å². The van der Waals surface area contributed by atoms with Crippen LogP contribution in [0.3, 0.4) is 0 Å². The van der Waals surface area contributed by atoms with Crippen molar-refractivity contribution in [2.75, 3.05) is 0 Å². The van der Waals surface area contributed by atoms with Gasteiger partial charge >= 0.3 is 0 Å². The van der Waals surface area contributed by atoms with E-state index in [0.717, 1.165) is 16.3 Å². The summed E-state index contributed by atoms with van der Waals surface area (Å²) in [7, 11) is 0. The molecule has 3 nitrogen and oxygen atoms in total. The van der Waals surface area contributed by atoms with Gasteiger partial charge in [-0.15, -0.1) is 0 Å². The highest BCUT2D eigenvalue weighted by atomic mass is 32.2. The van der Waals surface area contributed by atoms with Crippen LogP contribution < -0.4 is 5.73 Å². The van der Waals surface area contributed by atoms with Crippen molar-refractivity contribution >= 4 is 39.7 Å². The maximum Gasteiger partial charge on any atom is 0.286 e. The summed E-state index contributed by atoms with van der Waals surface area (Å²) in [4.78, 5) is 15.8. The van der Waals surface area contributed by atoms with Gasteiger partial charge in [0.2, 0.25) is 0 Å². The number of hydrogen-bond acceptors (Lipinski definition) is 3. The summed E-state index contributed by atoms with van der Waals surface area (Å²) >= 11 is 1.22. The number of aliphatic imine (C=N–C) groups is 1. The predicted octanol–water partition coefficient (Wildman–Crippen LogP) is 2.77. The van der Waals surface area contributed by atoms with Crippen molar-refractivity contribution in [1.82, 2.24) is 0 Å². The van der Waals surface area contributed by atoms with Crippen molar-refractivity contribution in [3.63, 3.8) is 0 Å². The highest BCUT2D eigenvalue weighted by Gasteiger charge is 2.19. The molecule has 0 radical (unpaired) electrons. The average molecular weight is 254 g/mol. The number of carbonyl (C=O) groups is 1. The van der Waals surface area contributed by atoms with Gasteiger partial charge in [-0.05, 0) is 34.2 Å². The molecule has 0 atom stereocenters. The molecule has 2 aromatic carbocycles. The van der Waals surface area contributed by atoms with Crippen LogP contribution in [0.5, 0.6) is 0 Å². The topological polar surface area (TPSA) is 55.4 Å². The third-order valence-corrected chi connectivity index (χ3v) is 3.56. The smallest absolute Gasteiger partial charge is 0.286 e. The SMILES string of the molecule is NC1=NC(=O)C(=Cc2cccc3ccccc23)S1. The van der Waals surface area contributed by atoms with Crippen molar-refractivity contribution in [1.29, 1.82) is 0 Å². The van der Waals surface area contributed by atoms with E-state index in [-0.39, 0.29) is 5.91 Å². The molecule has 0 aromatic heterocycles. The first-order valence-corrected chi connectivity index (χ1v) is 6.31. The third kappa shape index (κ3) is 1.91. The largest absolute Gasteiger partial charge is 0.378 e. The van der Waals surface area contributed by atoms with E-state index in [1.165, 1.54) is 11.8 Å². The highest BCUT2D eigenvalue weighted by molar-refractivity contribution is 8.18. The molecule has 1 aliphatic heterocycles. The number of amides is 1. The number of carbonyl (C=O) groups excluding carboxylic acids is 1. The first-order valence-electron chi connectivity index (χ1n) is 5.50. The molecule has 0 saturated heterocycles. The van der Waals surface area contributed by atoms with Crippen LogP contribution >= 0.6 is 11.8 Å². The van der Waals surface area contributed by atoms with E-state index >= 15 is 0 Å². The van der Waals surface area contributed by atoms with E-state index in [4.69, 9.17) is 5.73 Å². The standard InChI is InChI=1S/C14H10N2OS/c15-14-16-13(17)12(18-14)8-10-6-3-5-9-4-1-2-7-11(9)10/h1-8H,(H2,15,16,17). The zero-order valence-electron chi connectivity index (χ0n) is 9.46. The fourth-order valence-corrected chi connectivity index (χ4v) is 2.62. The molecule has 18 heavy (non-hydrogen) atoms. The maximum atomic E-state index is 11.6. The van der Waals surface area contributed by atoms with Gasteiger partial charge in [0, 0.05) is 0 Å². The van der Waals surface area contributed by atoms with Gasteiger partial charge < -0.3 is 5.73 Å². The predicted molar refractivity (Wildman–Crippen MR) is 76.1 cm³/mol. The molecule has 0 saturated carbocycles. The number of hydrogen-bond donors (Lipinski definition) is 1. The minimum absolute atomic E-state index is 0.259. The van der Waals surface area contributed by atoms with Crippen LogP contribution in [0.15, 0.2) is 52.4 Å². The van der Waals surface area contributed by atoms with Gasteiger partial charge in [0.15, 0.2) is 5.17 Å². The zero-order chi connectivity index (χ0) is 12.5. The second-order valence-corrected chi connectivity index (χ2v) is 5.00. The lowest BCUT2D eigenvalue weighted by atomic mass is 10.0. The van der Waals surface area contributed by atoms with E-state index in [9.17, 15) is 4.79 Å². The summed E-state index contributed by atoms with van der Waals surface area (Å²) < 4.78 is 0. The van der Waals surface area contributed by atoms with Crippen LogP contribution in [0.2, 0.25) is 0 Å². The van der Waals surface area contributed by atoms with Crippen molar-refractivity contribution in [2.24, 2.45) is 10.7 Å². The Kier molecular flexibility index (Phi) is 2.64. The second kappa shape index (κ2) is 4.31. The first-order chi connectivity index (χ1) is 8.74. The third-order valence-electron chi connectivity index (χ3n) is 2.75. The Morgan fingerprint density at radius 1 is 1.11 bits per heavy atom. The molecule has 4 heteroatoms. The number of thioether (sulfide) groups is 1. The summed E-state index contributed by atoms with van der Waals surface area (Å²) in [5, 5.41) is 2.58. The molecular weight excluding hydrogens is 244 g/mol. The fourth-order valence-electron chi connectivity index (χ4n) is 1.94. The number of benzene rings is 2. The number of rotatable bonds is 1. The number of amidine groups is 1. The lowest BCUT2D eigenvalue weighted by molar-refractivity contribution is -0.113. The van der Waals surface area contributed by atoms with Crippen LogP contribution in [0.4, 0.5) is 0 Å². The molecular formula is C14H10N2OS. The molecule has 0 unspecified atom stereocenters. The van der Waals surface area contributed by atoms with Crippen molar-refractivity contribution in [3.05, 3.63) is 52.9 Å². The van der Waals surface area contributed by atoms with Gasteiger partial charge in [-0.1, -0.05) is 42.5 Å². The lowest BCUT2D eigenvalue weighted by Gasteiger charge is -2.02. The molecule has 0 fully saturated rings. The lowest BCUT2D eigenvalue weighted by Crippen LogP contribution is -2.01. The van der Waals surface area contributed by atoms with Gasteiger partial charge in [0.25, 0.3) is 5.91 Å². The monoisotopic (exact) mass is 254 g/mol. The van der Waals surface area contributed by atoms with E-state index in [1.54, 1.807) is 0 Å². The normalized spacial score (nSPS) is 17.4. The molecule has 0 aliphatic carbocycles. The molecule has 3 rings (SSSR count). The van der Waals surface area contributed by atoms with Crippen molar-refractivity contribution < 1.29 is 4.79 Å². The Bertz CT molecular complexity index is 699. The maximum absolute atomic E-state index is 11.6. The van der Waals surface area contributed by atoms with E-state index in [2.05, 4.69) is 4.99 Å². The summed E-state index contributed by atoms with van der Waals surface area (Å²) in [5.74, 6) is -0.259. The number of nitrogens with zero attached hydrogens (tertiary/aromatic N) is 1. The van der Waals surface area contributed by atoms with E-state index in [0.29, 0.717) is 10.1 Å². The zero-order valence-corrected chi connectivity index (χ0v) is 10.3. The quantitative estimate of drug-likeness (QED) is 0.796. The minimum atomic E-state index is -0.259. The van der Waals surface area contributed by atoms with Gasteiger partial charge in [-0.3, -0.25) is 4.79 Å². The molecule has 1 amide bonds. The minimum Gasteiger partial charge on any atom is -0.378 e. The number of nitrogens with two attached hydrogens (primary N) is 1. The Hall–Kier alpha value is -2.07. The van der Waals surface area contributed by atoms with Crippen LogP contribution in [0.25, 0.3) is 16.8 Å². The molecule has 0 spiro atoms. The van der Waals surface area contributed by atoms with Gasteiger partial charge in [-0.25, -0.2) is 0 Å². The molecule has 1 heterocycles. The van der Waals surface area contributed by atoms with E-state index in [1.807, 2.05) is 48.5 Å². The summed E-state index contributed by atoms with van der Waals surface area (Å²) in [6.45, 7) is 0. The highest BCUT2D eigenvalue weighted by Crippen LogP contribution is 2.28. The Balaban J connectivity index is 2.11. The second-order valence-electron chi connectivity index (χ2n) is 3.93. The Morgan fingerprint density at radius 3 is 2.67 bits per heavy atom. The van der Waals surface area contributed by atoms with Crippen LogP contribution in [-0.2, 0) is 4.79 Å². The Labute approximate surface area is 108 Å². The fraction of sp³-hybridized carbons (Fsp3) is 0. The van der Waals surface area contributed by atoms with Gasteiger partial charge in [0.05, 0.1) is 4.91 Å². The molecule has 2 aromatic rings. The molecule has 0 bridgehead atoms. The van der Waals surface area contributed by atoms with Gasteiger partial charge in [-0.2, -0.15) is 4.99 Å². The van der Waals surface area contributed by atoms with Gasteiger partial charge in [0.1, 0.15) is 0 Å². The van der Waals surface area contributed by atoms with Crippen LogP contribution in [0.1, 0.15) is 5.56 Å². The Morgan fingerprint density at radius 2 is 1.89 bits per heavy atom. The molecule has 88 valence electrons. The van der Waals surface area contributed by atoms with Crippen LogP contribution in [0, 0.1) is 0 Å². The summed E-state index contributed by atoms with van der Waals surface area (Å²) in [6.07, 6.45) is 1.85.